The van der Waals surface area contributed by atoms with Gasteiger partial charge in [-0.15, -0.1) is 0 Å². The van der Waals surface area contributed by atoms with Crippen LogP contribution in [0.3, 0.4) is 0 Å². The highest BCUT2D eigenvalue weighted by Gasteiger charge is 2.35. The summed E-state index contributed by atoms with van der Waals surface area (Å²) in [6, 6.07) is 3.99. The van der Waals surface area contributed by atoms with Crippen LogP contribution in [0, 0.1) is 24.2 Å². The standard InChI is InChI=1S/C18H28BNO4/c1-13-9-15(22-8-7-18(5,6)20-21)10-14(2)16(13)19-23-11-17(3,4)12-24-19/h9-10H,7-8,11-12H2,1-6H3. The lowest BCUT2D eigenvalue weighted by Crippen LogP contribution is -2.49. The van der Waals surface area contributed by atoms with Crippen molar-refractivity contribution in [2.45, 2.75) is 53.5 Å². The summed E-state index contributed by atoms with van der Waals surface area (Å²) in [5.74, 6) is 0.798. The van der Waals surface area contributed by atoms with Crippen molar-refractivity contribution in [1.29, 1.82) is 0 Å². The number of hydrogen-bond acceptors (Lipinski definition) is 5. The second-order valence-corrected chi connectivity index (χ2v) is 8.09. The van der Waals surface area contributed by atoms with Crippen LogP contribution >= 0.6 is 0 Å². The van der Waals surface area contributed by atoms with E-state index in [2.05, 4.69) is 19.0 Å². The molecule has 1 saturated heterocycles. The van der Waals surface area contributed by atoms with E-state index in [1.165, 1.54) is 0 Å². The SMILES string of the molecule is Cc1cc(OCCC(C)(C)N=O)cc(C)c1B1OCC(C)(C)CO1. The molecule has 0 bridgehead atoms. The van der Waals surface area contributed by atoms with E-state index in [1.807, 2.05) is 39.8 Å². The van der Waals surface area contributed by atoms with Gasteiger partial charge in [-0.2, -0.15) is 4.91 Å². The second-order valence-electron chi connectivity index (χ2n) is 8.09. The van der Waals surface area contributed by atoms with E-state index in [0.29, 0.717) is 26.2 Å². The van der Waals surface area contributed by atoms with Crippen LogP contribution in [-0.4, -0.2) is 32.5 Å². The number of aryl methyl sites for hydroxylation is 2. The van der Waals surface area contributed by atoms with Crippen molar-refractivity contribution in [1.82, 2.24) is 0 Å². The highest BCUT2D eigenvalue weighted by molar-refractivity contribution is 6.62. The fourth-order valence-corrected chi connectivity index (χ4v) is 2.71. The number of nitrogens with zero attached hydrogens (tertiary/aromatic N) is 1. The van der Waals surface area contributed by atoms with Crippen molar-refractivity contribution in [2.75, 3.05) is 19.8 Å². The van der Waals surface area contributed by atoms with Crippen LogP contribution in [0.2, 0.25) is 0 Å². The molecule has 0 amide bonds. The summed E-state index contributed by atoms with van der Waals surface area (Å²) < 4.78 is 17.6. The summed E-state index contributed by atoms with van der Waals surface area (Å²) in [5.41, 5.74) is 2.71. The molecule has 1 aliphatic heterocycles. The van der Waals surface area contributed by atoms with E-state index in [4.69, 9.17) is 14.0 Å². The Morgan fingerprint density at radius 3 is 2.25 bits per heavy atom. The Morgan fingerprint density at radius 1 is 1.21 bits per heavy atom. The molecule has 6 heteroatoms. The lowest BCUT2D eigenvalue weighted by molar-refractivity contribution is 0.0342. The van der Waals surface area contributed by atoms with Crippen molar-refractivity contribution >= 4 is 12.6 Å². The van der Waals surface area contributed by atoms with Crippen LogP contribution in [0.4, 0.5) is 0 Å². The molecule has 0 aliphatic carbocycles. The molecular formula is C18H28BNO4. The molecule has 0 atom stereocenters. The predicted octanol–water partition coefficient (Wildman–Crippen LogP) is 3.39. The maximum atomic E-state index is 10.7. The smallest absolute Gasteiger partial charge is 0.493 e. The van der Waals surface area contributed by atoms with Gasteiger partial charge in [-0.25, -0.2) is 0 Å². The fraction of sp³-hybridized carbons (Fsp3) is 0.667. The highest BCUT2D eigenvalue weighted by atomic mass is 16.6. The average molecular weight is 333 g/mol. The maximum Gasteiger partial charge on any atom is 0.494 e. The lowest BCUT2D eigenvalue weighted by Gasteiger charge is -2.34. The Balaban J connectivity index is 2.05. The predicted molar refractivity (Wildman–Crippen MR) is 97.0 cm³/mol. The largest absolute Gasteiger partial charge is 0.494 e. The van der Waals surface area contributed by atoms with Crippen LogP contribution in [0.5, 0.6) is 5.75 Å². The van der Waals surface area contributed by atoms with Gasteiger partial charge < -0.3 is 14.0 Å². The van der Waals surface area contributed by atoms with Gasteiger partial charge in [-0.05, 0) is 56.4 Å². The van der Waals surface area contributed by atoms with E-state index in [0.717, 1.165) is 22.3 Å². The van der Waals surface area contributed by atoms with Gasteiger partial charge in [0.2, 0.25) is 0 Å². The van der Waals surface area contributed by atoms with Crippen molar-refractivity contribution in [3.63, 3.8) is 0 Å². The van der Waals surface area contributed by atoms with Crippen LogP contribution < -0.4 is 10.2 Å². The highest BCUT2D eigenvalue weighted by Crippen LogP contribution is 2.24. The molecule has 1 fully saturated rings. The Labute approximate surface area is 145 Å². The average Bonchev–Trinajstić information content (AvgIpc) is 2.48. The first kappa shape index (κ1) is 18.9. The molecule has 1 heterocycles. The first-order chi connectivity index (χ1) is 11.1. The molecule has 0 unspecified atom stereocenters. The summed E-state index contributed by atoms with van der Waals surface area (Å²) in [5, 5.41) is 3.11. The molecule has 1 aromatic carbocycles. The Morgan fingerprint density at radius 2 is 1.75 bits per heavy atom. The number of nitroso groups, excluding NO2 is 1. The number of rotatable bonds is 6. The van der Waals surface area contributed by atoms with Crippen LogP contribution in [0.25, 0.3) is 0 Å². The Hall–Kier alpha value is -1.40. The molecule has 0 saturated carbocycles. The van der Waals surface area contributed by atoms with Crippen LogP contribution in [0.1, 0.15) is 45.2 Å². The molecule has 132 valence electrons. The van der Waals surface area contributed by atoms with Gasteiger partial charge in [-0.1, -0.05) is 19.0 Å². The van der Waals surface area contributed by atoms with E-state index >= 15 is 0 Å². The Kier molecular flexibility index (Phi) is 5.71. The molecule has 5 nitrogen and oxygen atoms in total. The molecule has 1 aliphatic rings. The quantitative estimate of drug-likeness (QED) is 0.591. The van der Waals surface area contributed by atoms with E-state index in [-0.39, 0.29) is 12.5 Å². The summed E-state index contributed by atoms with van der Waals surface area (Å²) in [6.07, 6.45) is 0.584. The third-order valence-electron chi connectivity index (χ3n) is 4.28. The summed E-state index contributed by atoms with van der Waals surface area (Å²) >= 11 is 0. The van der Waals surface area contributed by atoms with Crippen molar-refractivity contribution < 1.29 is 14.0 Å². The first-order valence-corrected chi connectivity index (χ1v) is 8.45. The van der Waals surface area contributed by atoms with Gasteiger partial charge >= 0.3 is 7.12 Å². The van der Waals surface area contributed by atoms with Crippen LogP contribution in [0.15, 0.2) is 17.3 Å². The normalized spacial score (nSPS) is 17.7. The van der Waals surface area contributed by atoms with E-state index in [9.17, 15) is 4.91 Å². The van der Waals surface area contributed by atoms with Gasteiger partial charge in [0.1, 0.15) is 11.3 Å². The monoisotopic (exact) mass is 333 g/mol. The molecule has 0 aromatic heterocycles. The number of benzene rings is 1. The minimum Gasteiger partial charge on any atom is -0.493 e. The Bertz CT molecular complexity index is 568. The minimum atomic E-state index is -0.597. The fourth-order valence-electron chi connectivity index (χ4n) is 2.71. The molecule has 2 rings (SSSR count). The first-order valence-electron chi connectivity index (χ1n) is 8.45. The molecule has 0 N–H and O–H groups in total. The topological polar surface area (TPSA) is 57.1 Å². The van der Waals surface area contributed by atoms with Gasteiger partial charge in [0.15, 0.2) is 0 Å². The summed E-state index contributed by atoms with van der Waals surface area (Å²) in [4.78, 5) is 10.7. The maximum absolute atomic E-state index is 10.7. The van der Waals surface area contributed by atoms with Crippen molar-refractivity contribution in [3.8, 4) is 5.75 Å². The summed E-state index contributed by atoms with van der Waals surface area (Å²) in [7, 11) is -0.315. The molecule has 1 aromatic rings. The van der Waals surface area contributed by atoms with Gasteiger partial charge in [0.05, 0.1) is 6.61 Å². The van der Waals surface area contributed by atoms with E-state index in [1.54, 1.807) is 0 Å². The van der Waals surface area contributed by atoms with Gasteiger partial charge in [0, 0.05) is 25.0 Å². The molecule has 0 radical (unpaired) electrons. The van der Waals surface area contributed by atoms with E-state index < -0.39 is 5.54 Å². The van der Waals surface area contributed by atoms with Crippen LogP contribution in [-0.2, 0) is 9.31 Å². The zero-order valence-corrected chi connectivity index (χ0v) is 15.6. The number of hydrogen-bond donors (Lipinski definition) is 0. The third kappa shape index (κ3) is 4.80. The second kappa shape index (κ2) is 7.24. The third-order valence-corrected chi connectivity index (χ3v) is 4.28. The van der Waals surface area contributed by atoms with Crippen molar-refractivity contribution in [2.24, 2.45) is 10.6 Å². The van der Waals surface area contributed by atoms with Gasteiger partial charge in [0.25, 0.3) is 0 Å². The molecule has 24 heavy (non-hydrogen) atoms. The molecular weight excluding hydrogens is 305 g/mol. The van der Waals surface area contributed by atoms with Crippen molar-refractivity contribution in [3.05, 3.63) is 28.2 Å². The van der Waals surface area contributed by atoms with Gasteiger partial charge in [-0.3, -0.25) is 0 Å². The zero-order valence-electron chi connectivity index (χ0n) is 15.6. The summed E-state index contributed by atoms with van der Waals surface area (Å²) in [6.45, 7) is 13.8. The zero-order chi connectivity index (χ0) is 18.0. The molecule has 0 spiro atoms. The number of ether oxygens (including phenoxy) is 1. The minimum absolute atomic E-state index is 0.0563. The lowest BCUT2D eigenvalue weighted by atomic mass is 9.71.